The molecule has 1 aromatic carbocycles. The summed E-state index contributed by atoms with van der Waals surface area (Å²) in [5.74, 6) is 0.00407. The van der Waals surface area contributed by atoms with Crippen LogP contribution in [0, 0.1) is 6.92 Å². The number of halogens is 1. The lowest BCUT2D eigenvalue weighted by Gasteiger charge is -2.37. The Kier molecular flexibility index (Phi) is 6.21. The van der Waals surface area contributed by atoms with Crippen LogP contribution in [0.5, 0.6) is 0 Å². The van der Waals surface area contributed by atoms with Crippen LogP contribution in [-0.2, 0) is 4.79 Å². The summed E-state index contributed by atoms with van der Waals surface area (Å²) in [5.41, 5.74) is 1.96. The summed E-state index contributed by atoms with van der Waals surface area (Å²) in [6.45, 7) is 3.37. The Morgan fingerprint density at radius 1 is 1.48 bits per heavy atom. The van der Waals surface area contributed by atoms with Gasteiger partial charge in [0.2, 0.25) is 5.91 Å². The summed E-state index contributed by atoms with van der Waals surface area (Å²) in [6.07, 6.45) is 4.28. The number of nitrogens with zero attached hydrogens (tertiary/aromatic N) is 1. The number of carbonyl (C=O) groups is 1. The van der Waals surface area contributed by atoms with Crippen LogP contribution in [0.25, 0.3) is 0 Å². The summed E-state index contributed by atoms with van der Waals surface area (Å²) in [6, 6.07) is 6.39. The van der Waals surface area contributed by atoms with Crippen LogP contribution < -0.4 is 5.32 Å². The van der Waals surface area contributed by atoms with Crippen LogP contribution in [0.2, 0.25) is 0 Å². The van der Waals surface area contributed by atoms with E-state index in [0.717, 1.165) is 41.5 Å². The molecule has 1 aromatic rings. The van der Waals surface area contributed by atoms with E-state index in [1.165, 1.54) is 6.42 Å². The lowest BCUT2D eigenvalue weighted by molar-refractivity contribution is -0.118. The molecule has 1 saturated carbocycles. The van der Waals surface area contributed by atoms with Gasteiger partial charge in [-0.25, -0.2) is 0 Å². The van der Waals surface area contributed by atoms with Gasteiger partial charge in [0, 0.05) is 23.7 Å². The fraction of sp³-hybridized carbons (Fsp3) is 0.562. The number of rotatable bonds is 7. The first kappa shape index (κ1) is 16.5. The van der Waals surface area contributed by atoms with Crippen molar-refractivity contribution in [2.45, 2.75) is 38.6 Å². The summed E-state index contributed by atoms with van der Waals surface area (Å²) in [5, 5.41) is 11.9. The second-order valence-electron chi connectivity index (χ2n) is 5.66. The third-order valence-electron chi connectivity index (χ3n) is 3.94. The highest BCUT2D eigenvalue weighted by Crippen LogP contribution is 2.26. The summed E-state index contributed by atoms with van der Waals surface area (Å²) in [7, 11) is 0. The van der Waals surface area contributed by atoms with Crippen molar-refractivity contribution in [1.29, 1.82) is 0 Å². The normalized spacial score (nSPS) is 15.0. The van der Waals surface area contributed by atoms with Crippen molar-refractivity contribution >= 4 is 27.5 Å². The number of aliphatic hydroxyl groups is 1. The minimum Gasteiger partial charge on any atom is -0.396 e. The van der Waals surface area contributed by atoms with Gasteiger partial charge in [0.05, 0.1) is 12.2 Å². The molecule has 2 N–H and O–H groups in total. The Morgan fingerprint density at radius 2 is 2.24 bits per heavy atom. The molecule has 4 nitrogen and oxygen atoms in total. The molecule has 0 heterocycles. The zero-order valence-electron chi connectivity index (χ0n) is 12.4. The van der Waals surface area contributed by atoms with E-state index in [2.05, 4.69) is 26.1 Å². The smallest absolute Gasteiger partial charge is 0.238 e. The van der Waals surface area contributed by atoms with E-state index >= 15 is 0 Å². The van der Waals surface area contributed by atoms with E-state index in [9.17, 15) is 4.79 Å². The zero-order chi connectivity index (χ0) is 15.2. The molecule has 1 fully saturated rings. The highest BCUT2D eigenvalue weighted by molar-refractivity contribution is 9.10. The SMILES string of the molecule is Cc1ccc(NC(=O)CN(CCCO)C2CCC2)c(Br)c1. The Labute approximate surface area is 134 Å². The van der Waals surface area contributed by atoms with Crippen molar-refractivity contribution in [1.82, 2.24) is 4.90 Å². The number of carbonyl (C=O) groups excluding carboxylic acids is 1. The second-order valence-corrected chi connectivity index (χ2v) is 6.52. The molecule has 0 aromatic heterocycles. The van der Waals surface area contributed by atoms with Crippen molar-refractivity contribution in [3.63, 3.8) is 0 Å². The Morgan fingerprint density at radius 3 is 2.81 bits per heavy atom. The second kappa shape index (κ2) is 7.92. The molecule has 0 unspecified atom stereocenters. The van der Waals surface area contributed by atoms with Gasteiger partial charge in [-0.1, -0.05) is 12.5 Å². The van der Waals surface area contributed by atoms with Gasteiger partial charge < -0.3 is 10.4 Å². The highest BCUT2D eigenvalue weighted by atomic mass is 79.9. The number of hydrogen-bond acceptors (Lipinski definition) is 3. The van der Waals surface area contributed by atoms with Crippen molar-refractivity contribution in [3.8, 4) is 0 Å². The number of hydrogen-bond donors (Lipinski definition) is 2. The van der Waals surface area contributed by atoms with E-state index in [0.29, 0.717) is 12.6 Å². The molecule has 0 radical (unpaired) electrons. The number of nitrogens with one attached hydrogen (secondary N) is 1. The van der Waals surface area contributed by atoms with Crippen molar-refractivity contribution < 1.29 is 9.90 Å². The van der Waals surface area contributed by atoms with Crippen molar-refractivity contribution in [2.75, 3.05) is 25.0 Å². The Bertz CT molecular complexity index is 489. The van der Waals surface area contributed by atoms with Gasteiger partial charge in [-0.05, 0) is 59.8 Å². The molecule has 1 amide bonds. The predicted octanol–water partition coefficient (Wildman–Crippen LogP) is 2.93. The molecule has 21 heavy (non-hydrogen) atoms. The summed E-state index contributed by atoms with van der Waals surface area (Å²) >= 11 is 3.48. The molecule has 2 rings (SSSR count). The molecule has 0 saturated heterocycles. The van der Waals surface area contributed by atoms with Gasteiger partial charge in [0.25, 0.3) is 0 Å². The molecule has 1 aliphatic rings. The molecule has 116 valence electrons. The summed E-state index contributed by atoms with van der Waals surface area (Å²) < 4.78 is 0.904. The molecule has 0 atom stereocenters. The average molecular weight is 355 g/mol. The van der Waals surface area contributed by atoms with Crippen LogP contribution in [0.4, 0.5) is 5.69 Å². The van der Waals surface area contributed by atoms with Gasteiger partial charge >= 0.3 is 0 Å². The van der Waals surface area contributed by atoms with E-state index in [4.69, 9.17) is 5.11 Å². The highest BCUT2D eigenvalue weighted by Gasteiger charge is 2.26. The van der Waals surface area contributed by atoms with Crippen molar-refractivity contribution in [3.05, 3.63) is 28.2 Å². The van der Waals surface area contributed by atoms with Gasteiger partial charge in [-0.3, -0.25) is 9.69 Å². The van der Waals surface area contributed by atoms with E-state index in [1.807, 2.05) is 25.1 Å². The molecule has 1 aliphatic carbocycles. The summed E-state index contributed by atoms with van der Waals surface area (Å²) in [4.78, 5) is 14.4. The van der Waals surface area contributed by atoms with Crippen LogP contribution in [-0.4, -0.2) is 41.7 Å². The topological polar surface area (TPSA) is 52.6 Å². The predicted molar refractivity (Wildman–Crippen MR) is 88.4 cm³/mol. The monoisotopic (exact) mass is 354 g/mol. The maximum atomic E-state index is 12.2. The number of aryl methyl sites for hydroxylation is 1. The molecule has 0 bridgehead atoms. The molecule has 0 spiro atoms. The molecular weight excluding hydrogens is 332 g/mol. The van der Waals surface area contributed by atoms with E-state index in [1.54, 1.807) is 0 Å². The largest absolute Gasteiger partial charge is 0.396 e. The van der Waals surface area contributed by atoms with Gasteiger partial charge in [-0.2, -0.15) is 0 Å². The Balaban J connectivity index is 1.91. The molecule has 5 heteroatoms. The van der Waals surface area contributed by atoms with Crippen LogP contribution in [0.1, 0.15) is 31.2 Å². The fourth-order valence-electron chi connectivity index (χ4n) is 2.51. The maximum Gasteiger partial charge on any atom is 0.238 e. The maximum absolute atomic E-state index is 12.2. The van der Waals surface area contributed by atoms with E-state index in [-0.39, 0.29) is 12.5 Å². The number of amides is 1. The van der Waals surface area contributed by atoms with Gasteiger partial charge in [-0.15, -0.1) is 0 Å². The molecule has 0 aliphatic heterocycles. The standard InChI is InChI=1S/C16H23BrN2O2/c1-12-6-7-15(14(17)10-12)18-16(21)11-19(8-3-9-20)13-4-2-5-13/h6-7,10,13,20H,2-5,8-9,11H2,1H3,(H,18,21). The first-order chi connectivity index (χ1) is 10.1. The van der Waals surface area contributed by atoms with Gasteiger partial charge in [0.1, 0.15) is 0 Å². The quantitative estimate of drug-likeness (QED) is 0.791. The van der Waals surface area contributed by atoms with Crippen LogP contribution >= 0.6 is 15.9 Å². The number of aliphatic hydroxyl groups excluding tert-OH is 1. The first-order valence-corrected chi connectivity index (χ1v) is 8.30. The van der Waals surface area contributed by atoms with Crippen molar-refractivity contribution in [2.24, 2.45) is 0 Å². The number of anilines is 1. The lowest BCUT2D eigenvalue weighted by atomic mass is 9.91. The third-order valence-corrected chi connectivity index (χ3v) is 4.60. The third kappa shape index (κ3) is 4.80. The zero-order valence-corrected chi connectivity index (χ0v) is 14.0. The van der Waals surface area contributed by atoms with Gasteiger partial charge in [0.15, 0.2) is 0 Å². The fourth-order valence-corrected chi connectivity index (χ4v) is 3.10. The number of benzene rings is 1. The van der Waals surface area contributed by atoms with E-state index < -0.39 is 0 Å². The minimum atomic E-state index is 0.00407. The lowest BCUT2D eigenvalue weighted by Crippen LogP contribution is -2.45. The molecular formula is C16H23BrN2O2. The van der Waals surface area contributed by atoms with Crippen LogP contribution in [0.3, 0.4) is 0 Å². The van der Waals surface area contributed by atoms with Crippen LogP contribution in [0.15, 0.2) is 22.7 Å². The Hall–Kier alpha value is -0.910. The first-order valence-electron chi connectivity index (χ1n) is 7.51. The average Bonchev–Trinajstić information content (AvgIpc) is 2.37. The minimum absolute atomic E-state index is 0.00407.